The average Bonchev–Trinajstić information content (AvgIpc) is 3.21. The monoisotopic (exact) mass is 458 g/mol. The molecule has 0 aliphatic carbocycles. The van der Waals surface area contributed by atoms with Gasteiger partial charge in [0.05, 0.1) is 19.9 Å². The number of nitrogens with zero attached hydrogens (tertiary/aromatic N) is 1. The molecular weight excluding hydrogens is 428 g/mol. The van der Waals surface area contributed by atoms with E-state index in [0.717, 1.165) is 12.0 Å². The Morgan fingerprint density at radius 1 is 1.19 bits per heavy atom. The van der Waals surface area contributed by atoms with Gasteiger partial charge in [-0.2, -0.15) is 0 Å². The minimum atomic E-state index is -3.93. The highest BCUT2D eigenvalue weighted by Gasteiger charge is 2.34. The molecule has 0 unspecified atom stereocenters. The molecule has 3 rings (SSSR count). The molecule has 1 amide bonds. The fourth-order valence-electron chi connectivity index (χ4n) is 3.55. The predicted molar refractivity (Wildman–Crippen MR) is 126 cm³/mol. The van der Waals surface area contributed by atoms with Crippen LogP contribution in [0.1, 0.15) is 38.3 Å². The highest BCUT2D eigenvalue weighted by atomic mass is 32.2. The number of hydrogen-bond acceptors (Lipinski definition) is 5. The fourth-order valence-corrected chi connectivity index (χ4v) is 5.26. The van der Waals surface area contributed by atoms with Gasteiger partial charge in [-0.05, 0) is 62.1 Å². The quantitative estimate of drug-likeness (QED) is 0.609. The number of para-hydroxylation sites is 1. The standard InChI is InChI=1S/C24H30N2O5S/c1-6-24(2,3)25-22(27)12-11-17-15-20(30-4)23(31-5)21(16-17)32(28,29)26-14-13-18-9-7-8-10-19(18)26/h7-12,15-16H,6,13-14H2,1-5H3,(H,25,27). The van der Waals surface area contributed by atoms with Crippen molar-refractivity contribution in [1.82, 2.24) is 5.32 Å². The zero-order chi connectivity index (χ0) is 23.5. The zero-order valence-corrected chi connectivity index (χ0v) is 20.0. The van der Waals surface area contributed by atoms with Gasteiger partial charge in [0.25, 0.3) is 10.0 Å². The normalized spacial score (nSPS) is 13.8. The van der Waals surface area contributed by atoms with Crippen LogP contribution in [0.15, 0.2) is 47.4 Å². The second-order valence-electron chi connectivity index (χ2n) is 8.27. The van der Waals surface area contributed by atoms with Crippen LogP contribution >= 0.6 is 0 Å². The Balaban J connectivity index is 2.02. The first kappa shape index (κ1) is 23.7. The summed E-state index contributed by atoms with van der Waals surface area (Å²) in [7, 11) is -1.07. The van der Waals surface area contributed by atoms with Crippen LogP contribution in [0, 0.1) is 0 Å². The van der Waals surface area contributed by atoms with Crippen LogP contribution in [-0.4, -0.2) is 40.6 Å². The Bertz CT molecular complexity index is 1140. The lowest BCUT2D eigenvalue weighted by atomic mass is 10.0. The maximum Gasteiger partial charge on any atom is 0.268 e. The molecule has 32 heavy (non-hydrogen) atoms. The van der Waals surface area contributed by atoms with Gasteiger partial charge in [-0.3, -0.25) is 9.10 Å². The van der Waals surface area contributed by atoms with E-state index in [1.165, 1.54) is 30.7 Å². The molecule has 0 saturated heterocycles. The second-order valence-corrected chi connectivity index (χ2v) is 10.1. The van der Waals surface area contributed by atoms with Gasteiger partial charge < -0.3 is 14.8 Å². The highest BCUT2D eigenvalue weighted by Crippen LogP contribution is 2.40. The maximum absolute atomic E-state index is 13.6. The highest BCUT2D eigenvalue weighted by molar-refractivity contribution is 7.93. The van der Waals surface area contributed by atoms with Crippen molar-refractivity contribution in [2.75, 3.05) is 25.1 Å². The van der Waals surface area contributed by atoms with Crippen molar-refractivity contribution in [2.24, 2.45) is 0 Å². The molecule has 7 nitrogen and oxygen atoms in total. The molecule has 1 N–H and O–H groups in total. The number of amides is 1. The lowest BCUT2D eigenvalue weighted by Gasteiger charge is -2.23. The van der Waals surface area contributed by atoms with Gasteiger partial charge in [0.2, 0.25) is 5.91 Å². The van der Waals surface area contributed by atoms with Gasteiger partial charge in [-0.15, -0.1) is 0 Å². The van der Waals surface area contributed by atoms with Crippen LogP contribution in [0.5, 0.6) is 11.5 Å². The first-order chi connectivity index (χ1) is 15.1. The molecule has 1 heterocycles. The van der Waals surface area contributed by atoms with E-state index in [-0.39, 0.29) is 27.8 Å². The average molecular weight is 459 g/mol. The summed E-state index contributed by atoms with van der Waals surface area (Å²) in [4.78, 5) is 12.3. The Kier molecular flexibility index (Phi) is 6.83. The largest absolute Gasteiger partial charge is 0.493 e. The van der Waals surface area contributed by atoms with Crippen LogP contribution in [-0.2, 0) is 21.2 Å². The number of anilines is 1. The topological polar surface area (TPSA) is 84.9 Å². The SMILES string of the molecule is CCC(C)(C)NC(=O)C=Cc1cc(OC)c(OC)c(S(=O)(=O)N2CCc3ccccc32)c1. The van der Waals surface area contributed by atoms with Crippen molar-refractivity contribution >= 4 is 27.7 Å². The van der Waals surface area contributed by atoms with E-state index in [1.54, 1.807) is 18.2 Å². The summed E-state index contributed by atoms with van der Waals surface area (Å²) >= 11 is 0. The molecule has 8 heteroatoms. The third-order valence-corrected chi connectivity index (χ3v) is 7.47. The molecule has 0 aromatic heterocycles. The first-order valence-electron chi connectivity index (χ1n) is 10.5. The summed E-state index contributed by atoms with van der Waals surface area (Å²) in [6, 6.07) is 10.6. The number of carbonyl (C=O) groups excluding carboxylic acids is 1. The van der Waals surface area contributed by atoms with E-state index < -0.39 is 10.0 Å². The van der Waals surface area contributed by atoms with Gasteiger partial charge in [-0.1, -0.05) is 25.1 Å². The molecule has 0 atom stereocenters. The van der Waals surface area contributed by atoms with Gasteiger partial charge in [0.1, 0.15) is 4.90 Å². The summed E-state index contributed by atoms with van der Waals surface area (Å²) < 4.78 is 39.5. The number of hydrogen-bond donors (Lipinski definition) is 1. The van der Waals surface area contributed by atoms with Crippen LogP contribution in [0.2, 0.25) is 0 Å². The number of ether oxygens (including phenoxy) is 2. The van der Waals surface area contributed by atoms with Crippen molar-refractivity contribution in [1.29, 1.82) is 0 Å². The van der Waals surface area contributed by atoms with Crippen LogP contribution in [0.3, 0.4) is 0 Å². The molecule has 0 spiro atoms. The number of fused-ring (bicyclic) bond motifs is 1. The number of benzene rings is 2. The molecule has 0 saturated carbocycles. The van der Waals surface area contributed by atoms with Crippen LogP contribution in [0.25, 0.3) is 6.08 Å². The Morgan fingerprint density at radius 2 is 1.91 bits per heavy atom. The van der Waals surface area contributed by atoms with Gasteiger partial charge in [-0.25, -0.2) is 8.42 Å². The molecule has 0 radical (unpaired) electrons. The lowest BCUT2D eigenvalue weighted by molar-refractivity contribution is -0.118. The number of carbonyl (C=O) groups is 1. The Labute approximate surface area is 190 Å². The smallest absolute Gasteiger partial charge is 0.268 e. The van der Waals surface area contributed by atoms with Gasteiger partial charge in [0, 0.05) is 18.2 Å². The molecule has 172 valence electrons. The predicted octanol–water partition coefficient (Wildman–Crippen LogP) is 3.77. The van der Waals surface area contributed by atoms with E-state index >= 15 is 0 Å². The Morgan fingerprint density at radius 3 is 2.56 bits per heavy atom. The molecule has 1 aliphatic rings. The molecule has 2 aromatic rings. The van der Waals surface area contributed by atoms with Gasteiger partial charge >= 0.3 is 0 Å². The van der Waals surface area contributed by atoms with Crippen molar-refractivity contribution in [3.63, 3.8) is 0 Å². The summed E-state index contributed by atoms with van der Waals surface area (Å²) in [5.41, 5.74) is 1.82. The summed E-state index contributed by atoms with van der Waals surface area (Å²) in [6.45, 7) is 6.22. The zero-order valence-electron chi connectivity index (χ0n) is 19.1. The summed E-state index contributed by atoms with van der Waals surface area (Å²) in [5.74, 6) is 0.144. The lowest BCUT2D eigenvalue weighted by Crippen LogP contribution is -2.41. The minimum Gasteiger partial charge on any atom is -0.493 e. The number of sulfonamides is 1. The summed E-state index contributed by atoms with van der Waals surface area (Å²) in [5, 5.41) is 2.92. The van der Waals surface area contributed by atoms with E-state index in [9.17, 15) is 13.2 Å². The number of methoxy groups -OCH3 is 2. The molecule has 0 bridgehead atoms. The van der Waals surface area contributed by atoms with Crippen molar-refractivity contribution in [2.45, 2.75) is 44.0 Å². The maximum atomic E-state index is 13.6. The van der Waals surface area contributed by atoms with Crippen molar-refractivity contribution in [3.8, 4) is 11.5 Å². The van der Waals surface area contributed by atoms with E-state index in [2.05, 4.69) is 5.32 Å². The molecule has 0 fully saturated rings. The molecule has 1 aliphatic heterocycles. The van der Waals surface area contributed by atoms with E-state index in [4.69, 9.17) is 9.47 Å². The molecular formula is C24H30N2O5S. The minimum absolute atomic E-state index is 0.00926. The molecule has 2 aromatic carbocycles. The number of nitrogens with one attached hydrogen (secondary N) is 1. The van der Waals surface area contributed by atoms with Crippen molar-refractivity contribution in [3.05, 3.63) is 53.6 Å². The van der Waals surface area contributed by atoms with Crippen molar-refractivity contribution < 1.29 is 22.7 Å². The third kappa shape index (κ3) is 4.75. The van der Waals surface area contributed by atoms with Gasteiger partial charge in [0.15, 0.2) is 11.5 Å². The summed E-state index contributed by atoms with van der Waals surface area (Å²) in [6.07, 6.45) is 4.38. The first-order valence-corrected chi connectivity index (χ1v) is 11.9. The third-order valence-electron chi connectivity index (χ3n) is 5.65. The van der Waals surface area contributed by atoms with Crippen LogP contribution < -0.4 is 19.1 Å². The number of rotatable bonds is 8. The Hall–Kier alpha value is -3.00. The second kappa shape index (κ2) is 9.24. The van der Waals surface area contributed by atoms with Crippen LogP contribution in [0.4, 0.5) is 5.69 Å². The fraction of sp³-hybridized carbons (Fsp3) is 0.375. The van der Waals surface area contributed by atoms with E-state index in [1.807, 2.05) is 39.0 Å². The van der Waals surface area contributed by atoms with E-state index in [0.29, 0.717) is 24.2 Å².